The van der Waals surface area contributed by atoms with Gasteiger partial charge in [0.1, 0.15) is 11.6 Å². The summed E-state index contributed by atoms with van der Waals surface area (Å²) in [5.41, 5.74) is 0.337. The van der Waals surface area contributed by atoms with Crippen molar-refractivity contribution in [3.8, 4) is 0 Å². The Bertz CT molecular complexity index is 734. The van der Waals surface area contributed by atoms with Crippen LogP contribution >= 0.6 is 0 Å². The van der Waals surface area contributed by atoms with Gasteiger partial charge >= 0.3 is 0 Å². The summed E-state index contributed by atoms with van der Waals surface area (Å²) in [6.07, 6.45) is 1.40. The first-order chi connectivity index (χ1) is 9.92. The van der Waals surface area contributed by atoms with Crippen LogP contribution in [-0.4, -0.2) is 20.4 Å². The second kappa shape index (κ2) is 6.15. The van der Waals surface area contributed by atoms with E-state index in [1.807, 2.05) is 4.72 Å². The van der Waals surface area contributed by atoms with Gasteiger partial charge in [-0.1, -0.05) is 6.07 Å². The summed E-state index contributed by atoms with van der Waals surface area (Å²) in [5, 5.41) is 2.63. The lowest BCUT2D eigenvalue weighted by Gasteiger charge is -2.09. The average Bonchev–Trinajstić information content (AvgIpc) is 2.44. The topological polar surface area (TPSA) is 71.1 Å². The Kier molecular flexibility index (Phi) is 4.49. The van der Waals surface area contributed by atoms with Crippen molar-refractivity contribution in [1.82, 2.24) is 10.3 Å². The van der Waals surface area contributed by atoms with E-state index in [0.717, 1.165) is 23.8 Å². The molecule has 21 heavy (non-hydrogen) atoms. The van der Waals surface area contributed by atoms with Crippen molar-refractivity contribution in [3.63, 3.8) is 0 Å². The number of pyridine rings is 1. The van der Waals surface area contributed by atoms with Crippen LogP contribution in [0.4, 0.5) is 14.5 Å². The summed E-state index contributed by atoms with van der Waals surface area (Å²) >= 11 is 0. The molecule has 0 amide bonds. The lowest BCUT2D eigenvalue weighted by atomic mass is 10.3. The van der Waals surface area contributed by atoms with E-state index in [1.54, 1.807) is 13.1 Å². The highest BCUT2D eigenvalue weighted by molar-refractivity contribution is 7.92. The number of nitrogens with zero attached hydrogens (tertiary/aromatic N) is 1. The number of halogens is 2. The summed E-state index contributed by atoms with van der Waals surface area (Å²) in [6, 6.07) is 5.39. The molecule has 112 valence electrons. The van der Waals surface area contributed by atoms with Gasteiger partial charge in [-0.25, -0.2) is 13.8 Å². The largest absolute Gasteiger partial charge is 0.316 e. The number of benzene rings is 1. The molecule has 0 aliphatic carbocycles. The molecule has 1 aromatic carbocycles. The minimum absolute atomic E-state index is 0.272. The molecule has 0 unspecified atom stereocenters. The van der Waals surface area contributed by atoms with E-state index in [1.165, 1.54) is 12.3 Å². The Morgan fingerprint density at radius 1 is 1.19 bits per heavy atom. The number of sulfonamides is 1. The van der Waals surface area contributed by atoms with Crippen LogP contribution in [0.1, 0.15) is 5.56 Å². The van der Waals surface area contributed by atoms with Crippen LogP contribution in [0, 0.1) is 11.6 Å². The van der Waals surface area contributed by atoms with Gasteiger partial charge in [0.05, 0.1) is 5.69 Å². The first-order valence-electron chi connectivity index (χ1n) is 6.00. The van der Waals surface area contributed by atoms with Crippen molar-refractivity contribution in [3.05, 3.63) is 53.7 Å². The molecule has 1 heterocycles. The smallest absolute Gasteiger partial charge is 0.279 e. The molecule has 0 spiro atoms. The van der Waals surface area contributed by atoms with Crippen LogP contribution in [0.15, 0.2) is 41.6 Å². The summed E-state index contributed by atoms with van der Waals surface area (Å²) in [7, 11) is -2.32. The number of hydrogen-bond acceptors (Lipinski definition) is 4. The molecule has 0 fully saturated rings. The molecule has 0 atom stereocenters. The van der Waals surface area contributed by atoms with Crippen LogP contribution in [0.25, 0.3) is 0 Å². The van der Waals surface area contributed by atoms with Crippen LogP contribution in [0.2, 0.25) is 0 Å². The molecule has 2 N–H and O–H groups in total. The van der Waals surface area contributed by atoms with Gasteiger partial charge in [-0.2, -0.15) is 8.42 Å². The van der Waals surface area contributed by atoms with E-state index >= 15 is 0 Å². The van der Waals surface area contributed by atoms with Crippen molar-refractivity contribution < 1.29 is 17.2 Å². The molecule has 2 rings (SSSR count). The summed E-state index contributed by atoms with van der Waals surface area (Å²) in [5.74, 6) is -1.61. The quantitative estimate of drug-likeness (QED) is 0.884. The third kappa shape index (κ3) is 3.73. The molecule has 0 aliphatic heterocycles. The monoisotopic (exact) mass is 313 g/mol. The maximum absolute atomic E-state index is 13.5. The Hall–Kier alpha value is -2.06. The Balaban J connectivity index is 2.27. The van der Waals surface area contributed by atoms with Crippen LogP contribution in [-0.2, 0) is 16.6 Å². The van der Waals surface area contributed by atoms with Crippen molar-refractivity contribution in [2.45, 2.75) is 11.6 Å². The van der Waals surface area contributed by atoms with Gasteiger partial charge in [-0.3, -0.25) is 4.72 Å². The molecule has 0 aliphatic rings. The standard InChI is InChI=1S/C13H13F2N3O2S/c1-16-7-9-2-5-13(17-8-9)21(19,20)18-12-6-10(14)3-4-11(12)15/h2-6,8,16,18H,7H2,1H3. The van der Waals surface area contributed by atoms with Crippen molar-refractivity contribution >= 4 is 15.7 Å². The third-order valence-electron chi connectivity index (χ3n) is 2.63. The average molecular weight is 313 g/mol. The number of hydrogen-bond donors (Lipinski definition) is 2. The van der Waals surface area contributed by atoms with E-state index in [2.05, 4.69) is 10.3 Å². The second-order valence-electron chi connectivity index (χ2n) is 4.26. The van der Waals surface area contributed by atoms with E-state index in [0.29, 0.717) is 6.54 Å². The zero-order valence-corrected chi connectivity index (χ0v) is 11.9. The molecular weight excluding hydrogens is 300 g/mol. The molecule has 0 saturated carbocycles. The Morgan fingerprint density at radius 2 is 1.95 bits per heavy atom. The molecule has 2 aromatic rings. The van der Waals surface area contributed by atoms with E-state index in [9.17, 15) is 17.2 Å². The Morgan fingerprint density at radius 3 is 2.57 bits per heavy atom. The first-order valence-corrected chi connectivity index (χ1v) is 7.48. The van der Waals surface area contributed by atoms with E-state index in [-0.39, 0.29) is 5.03 Å². The second-order valence-corrected chi connectivity index (χ2v) is 5.89. The fourth-order valence-corrected chi connectivity index (χ4v) is 2.64. The summed E-state index contributed by atoms with van der Waals surface area (Å²) in [4.78, 5) is 3.81. The Labute approximate surface area is 121 Å². The van der Waals surface area contributed by atoms with E-state index < -0.39 is 27.3 Å². The molecule has 5 nitrogen and oxygen atoms in total. The lowest BCUT2D eigenvalue weighted by Crippen LogP contribution is -2.16. The number of aromatic nitrogens is 1. The van der Waals surface area contributed by atoms with Crippen LogP contribution in [0.5, 0.6) is 0 Å². The summed E-state index contributed by atoms with van der Waals surface area (Å²) < 4.78 is 52.6. The number of anilines is 1. The first kappa shape index (κ1) is 15.3. The normalized spacial score (nSPS) is 11.4. The van der Waals surface area contributed by atoms with Crippen molar-refractivity contribution in [2.24, 2.45) is 0 Å². The van der Waals surface area contributed by atoms with Crippen molar-refractivity contribution in [1.29, 1.82) is 0 Å². The minimum Gasteiger partial charge on any atom is -0.316 e. The SMILES string of the molecule is CNCc1ccc(S(=O)(=O)Nc2cc(F)ccc2F)nc1. The highest BCUT2D eigenvalue weighted by Crippen LogP contribution is 2.19. The van der Waals surface area contributed by atoms with E-state index in [4.69, 9.17) is 0 Å². The molecule has 0 bridgehead atoms. The van der Waals surface area contributed by atoms with Gasteiger partial charge in [0, 0.05) is 18.8 Å². The molecular formula is C13H13F2N3O2S. The van der Waals surface area contributed by atoms with Gasteiger partial charge in [-0.15, -0.1) is 0 Å². The predicted molar refractivity (Wildman–Crippen MR) is 74.2 cm³/mol. The predicted octanol–water partition coefficient (Wildman–Crippen LogP) is 1.88. The highest BCUT2D eigenvalue weighted by Gasteiger charge is 2.18. The molecule has 0 saturated heterocycles. The van der Waals surface area contributed by atoms with Gasteiger partial charge < -0.3 is 5.32 Å². The molecule has 8 heteroatoms. The highest BCUT2D eigenvalue weighted by atomic mass is 32.2. The van der Waals surface area contributed by atoms with Gasteiger partial charge in [0.25, 0.3) is 10.0 Å². The lowest BCUT2D eigenvalue weighted by molar-refractivity contribution is 0.592. The zero-order chi connectivity index (χ0) is 15.5. The minimum atomic E-state index is -4.07. The van der Waals surface area contributed by atoms with Crippen LogP contribution < -0.4 is 10.0 Å². The number of nitrogens with one attached hydrogen (secondary N) is 2. The fourth-order valence-electron chi connectivity index (χ4n) is 1.65. The number of rotatable bonds is 5. The molecule has 1 aromatic heterocycles. The fraction of sp³-hybridized carbons (Fsp3) is 0.154. The van der Waals surface area contributed by atoms with Gasteiger partial charge in [0.15, 0.2) is 5.03 Å². The maximum atomic E-state index is 13.5. The maximum Gasteiger partial charge on any atom is 0.279 e. The van der Waals surface area contributed by atoms with Gasteiger partial charge in [0.2, 0.25) is 0 Å². The van der Waals surface area contributed by atoms with Crippen molar-refractivity contribution in [2.75, 3.05) is 11.8 Å². The third-order valence-corrected chi connectivity index (χ3v) is 3.91. The van der Waals surface area contributed by atoms with Gasteiger partial charge in [-0.05, 0) is 30.8 Å². The zero-order valence-electron chi connectivity index (χ0n) is 11.1. The summed E-state index contributed by atoms with van der Waals surface area (Å²) in [6.45, 7) is 0.541. The van der Waals surface area contributed by atoms with Crippen LogP contribution in [0.3, 0.4) is 0 Å². The molecule has 0 radical (unpaired) electrons.